The zero-order chi connectivity index (χ0) is 14.8. The first-order valence-electron chi connectivity index (χ1n) is 8.00. The molecule has 3 heteroatoms. The van der Waals surface area contributed by atoms with Gasteiger partial charge in [0, 0.05) is 18.3 Å². The van der Waals surface area contributed by atoms with E-state index in [1.807, 2.05) is 6.20 Å². The van der Waals surface area contributed by atoms with Crippen LogP contribution in [0, 0.1) is 0 Å². The lowest BCUT2D eigenvalue weighted by Crippen LogP contribution is -2.28. The van der Waals surface area contributed by atoms with Gasteiger partial charge in [0.25, 0.3) is 0 Å². The largest absolute Gasteiger partial charge is 0.330 e. The van der Waals surface area contributed by atoms with Gasteiger partial charge < -0.3 is 9.88 Å². The summed E-state index contributed by atoms with van der Waals surface area (Å²) in [6.07, 6.45) is 7.69. The third kappa shape index (κ3) is 2.62. The molecule has 0 spiro atoms. The van der Waals surface area contributed by atoms with Gasteiger partial charge in [0.05, 0.1) is 12.1 Å². The molecule has 1 aromatic heterocycles. The van der Waals surface area contributed by atoms with Crippen molar-refractivity contribution in [3.05, 3.63) is 53.6 Å². The van der Waals surface area contributed by atoms with E-state index < -0.39 is 0 Å². The van der Waals surface area contributed by atoms with Gasteiger partial charge in [0.2, 0.25) is 0 Å². The van der Waals surface area contributed by atoms with Gasteiger partial charge in [-0.1, -0.05) is 38.1 Å². The molecule has 0 bridgehead atoms. The molecule has 1 N–H and O–H groups in total. The third-order valence-corrected chi connectivity index (χ3v) is 4.60. The molecule has 0 saturated heterocycles. The lowest BCUT2D eigenvalue weighted by Gasteiger charge is -2.29. The van der Waals surface area contributed by atoms with Crippen LogP contribution in [0.15, 0.2) is 36.7 Å². The predicted octanol–water partition coefficient (Wildman–Crippen LogP) is 3.84. The van der Waals surface area contributed by atoms with Crippen molar-refractivity contribution in [1.29, 1.82) is 0 Å². The maximum Gasteiger partial charge on any atom is 0.111 e. The number of hydrogen-bond donors (Lipinski definition) is 1. The molecule has 3 nitrogen and oxygen atoms in total. The fraction of sp³-hybridized carbons (Fsp3) is 0.500. The van der Waals surface area contributed by atoms with Gasteiger partial charge >= 0.3 is 0 Å². The first-order valence-corrected chi connectivity index (χ1v) is 8.00. The van der Waals surface area contributed by atoms with Crippen LogP contribution in [0.25, 0.3) is 0 Å². The smallest absolute Gasteiger partial charge is 0.111 e. The molecule has 21 heavy (non-hydrogen) atoms. The number of imidazole rings is 1. The Morgan fingerprint density at radius 2 is 2.10 bits per heavy atom. The molecule has 112 valence electrons. The van der Waals surface area contributed by atoms with E-state index in [0.717, 1.165) is 0 Å². The van der Waals surface area contributed by atoms with Gasteiger partial charge in [-0.05, 0) is 37.4 Å². The van der Waals surface area contributed by atoms with Crippen LogP contribution >= 0.6 is 0 Å². The van der Waals surface area contributed by atoms with Gasteiger partial charge in [0.1, 0.15) is 5.82 Å². The van der Waals surface area contributed by atoms with E-state index in [9.17, 15) is 0 Å². The van der Waals surface area contributed by atoms with E-state index in [1.165, 1.54) is 36.2 Å². The summed E-state index contributed by atoms with van der Waals surface area (Å²) < 4.78 is 2.40. The number of aryl methyl sites for hydroxylation is 1. The van der Waals surface area contributed by atoms with Crippen molar-refractivity contribution >= 4 is 0 Å². The summed E-state index contributed by atoms with van der Waals surface area (Å²) in [6, 6.07) is 9.67. The number of hydrogen-bond acceptors (Lipinski definition) is 2. The van der Waals surface area contributed by atoms with Crippen LogP contribution < -0.4 is 5.32 Å². The van der Waals surface area contributed by atoms with Gasteiger partial charge in [-0.3, -0.25) is 0 Å². The number of benzene rings is 1. The Labute approximate surface area is 127 Å². The number of fused-ring (bicyclic) bond motifs is 1. The summed E-state index contributed by atoms with van der Waals surface area (Å²) in [6.45, 7) is 4.44. The van der Waals surface area contributed by atoms with Crippen LogP contribution in [0.1, 0.15) is 61.6 Å². The summed E-state index contributed by atoms with van der Waals surface area (Å²) in [4.78, 5) is 4.58. The lowest BCUT2D eigenvalue weighted by atomic mass is 9.95. The summed E-state index contributed by atoms with van der Waals surface area (Å²) in [7, 11) is 2.08. The van der Waals surface area contributed by atoms with Crippen LogP contribution in [-0.4, -0.2) is 16.6 Å². The van der Waals surface area contributed by atoms with Crippen LogP contribution in [0.2, 0.25) is 0 Å². The molecule has 0 fully saturated rings. The Morgan fingerprint density at radius 1 is 1.29 bits per heavy atom. The minimum absolute atomic E-state index is 0.357. The molecular formula is C18H25N3. The summed E-state index contributed by atoms with van der Waals surface area (Å²) in [5, 5.41) is 3.56. The Bertz CT molecular complexity index is 600. The van der Waals surface area contributed by atoms with E-state index >= 15 is 0 Å². The highest BCUT2D eigenvalue weighted by atomic mass is 15.1. The highest BCUT2D eigenvalue weighted by Gasteiger charge is 2.29. The number of likely N-dealkylation sites (N-methyl/N-ethyl adjacent to an activating group) is 1. The van der Waals surface area contributed by atoms with Crippen molar-refractivity contribution in [2.24, 2.45) is 0 Å². The second kappa shape index (κ2) is 6.02. The fourth-order valence-electron chi connectivity index (χ4n) is 3.64. The number of nitrogens with zero attached hydrogens (tertiary/aromatic N) is 2. The second-order valence-electron chi connectivity index (χ2n) is 6.27. The van der Waals surface area contributed by atoms with Crippen molar-refractivity contribution < 1.29 is 0 Å². The molecule has 3 rings (SSSR count). The average molecular weight is 283 g/mol. The zero-order valence-corrected chi connectivity index (χ0v) is 13.2. The zero-order valence-electron chi connectivity index (χ0n) is 13.2. The molecule has 1 aliphatic rings. The first-order chi connectivity index (χ1) is 10.2. The standard InChI is InChI=1S/C18H25N3/c1-13(2)18-20-11-12-21(18)16-10-6-8-14-7-4-5-9-15(14)17(16)19-3/h4-5,7,9,11-13,16-17,19H,6,8,10H2,1-3H3. The molecule has 1 aromatic carbocycles. The van der Waals surface area contributed by atoms with Crippen LogP contribution in [0.3, 0.4) is 0 Å². The summed E-state index contributed by atoms with van der Waals surface area (Å²) in [5.41, 5.74) is 2.94. The predicted molar refractivity (Wildman–Crippen MR) is 86.5 cm³/mol. The lowest BCUT2D eigenvalue weighted by molar-refractivity contribution is 0.343. The first kappa shape index (κ1) is 14.3. The Morgan fingerprint density at radius 3 is 2.86 bits per heavy atom. The maximum absolute atomic E-state index is 4.58. The highest BCUT2D eigenvalue weighted by Crippen LogP contribution is 2.37. The molecule has 0 aliphatic heterocycles. The van der Waals surface area contributed by atoms with Crippen LogP contribution in [0.4, 0.5) is 0 Å². The van der Waals surface area contributed by atoms with Gasteiger partial charge in [0.15, 0.2) is 0 Å². The van der Waals surface area contributed by atoms with Gasteiger partial charge in [-0.2, -0.15) is 0 Å². The molecule has 2 atom stereocenters. The normalized spacial score (nSPS) is 22.1. The fourth-order valence-corrected chi connectivity index (χ4v) is 3.64. The van der Waals surface area contributed by atoms with Crippen LogP contribution in [0.5, 0.6) is 0 Å². The van der Waals surface area contributed by atoms with Crippen molar-refractivity contribution in [1.82, 2.24) is 14.9 Å². The third-order valence-electron chi connectivity index (χ3n) is 4.60. The summed E-state index contributed by atoms with van der Waals surface area (Å²) >= 11 is 0. The Kier molecular flexibility index (Phi) is 4.11. The van der Waals surface area contributed by atoms with E-state index in [2.05, 4.69) is 66.2 Å². The molecule has 2 aromatic rings. The molecule has 2 unspecified atom stereocenters. The van der Waals surface area contributed by atoms with Crippen molar-refractivity contribution in [2.45, 2.75) is 51.1 Å². The quantitative estimate of drug-likeness (QED) is 0.867. The Balaban J connectivity index is 2.04. The minimum atomic E-state index is 0.357. The van der Waals surface area contributed by atoms with Crippen LogP contribution in [-0.2, 0) is 6.42 Å². The van der Waals surface area contributed by atoms with E-state index in [1.54, 1.807) is 0 Å². The molecule has 0 radical (unpaired) electrons. The molecule has 0 amide bonds. The molecular weight excluding hydrogens is 258 g/mol. The molecule has 1 heterocycles. The average Bonchev–Trinajstić information content (AvgIpc) is 2.89. The number of aromatic nitrogens is 2. The number of nitrogens with one attached hydrogen (secondary N) is 1. The van der Waals surface area contributed by atoms with Gasteiger partial charge in [-0.25, -0.2) is 4.98 Å². The van der Waals surface area contributed by atoms with E-state index in [0.29, 0.717) is 18.0 Å². The topological polar surface area (TPSA) is 29.9 Å². The Hall–Kier alpha value is -1.61. The van der Waals surface area contributed by atoms with Crippen molar-refractivity contribution in [3.8, 4) is 0 Å². The van der Waals surface area contributed by atoms with Crippen molar-refractivity contribution in [3.63, 3.8) is 0 Å². The van der Waals surface area contributed by atoms with E-state index in [-0.39, 0.29) is 0 Å². The summed E-state index contributed by atoms with van der Waals surface area (Å²) in [5.74, 6) is 1.65. The SMILES string of the molecule is CNC1c2ccccc2CCCC1n1ccnc1C(C)C. The second-order valence-corrected chi connectivity index (χ2v) is 6.27. The minimum Gasteiger partial charge on any atom is -0.330 e. The maximum atomic E-state index is 4.58. The number of rotatable bonds is 3. The highest BCUT2D eigenvalue weighted by molar-refractivity contribution is 5.32. The molecule has 1 aliphatic carbocycles. The van der Waals surface area contributed by atoms with Crippen molar-refractivity contribution in [2.75, 3.05) is 7.05 Å². The molecule has 0 saturated carbocycles. The van der Waals surface area contributed by atoms with Gasteiger partial charge in [-0.15, -0.1) is 0 Å². The van der Waals surface area contributed by atoms with E-state index in [4.69, 9.17) is 0 Å². The monoisotopic (exact) mass is 283 g/mol.